The highest BCUT2D eigenvalue weighted by atomic mass is 19.4. The van der Waals surface area contributed by atoms with Gasteiger partial charge in [-0.1, -0.05) is 19.1 Å². The molecule has 0 radical (unpaired) electrons. The normalized spacial score (nSPS) is 12.6. The van der Waals surface area contributed by atoms with E-state index in [0.29, 0.717) is 12.1 Å². The topological polar surface area (TPSA) is 44.1 Å². The van der Waals surface area contributed by atoms with Crippen LogP contribution in [0.25, 0.3) is 0 Å². The molecular weight excluding hydrogens is 281 g/mol. The third-order valence-corrected chi connectivity index (χ3v) is 3.27. The molecule has 1 unspecified atom stereocenters. The van der Waals surface area contributed by atoms with Crippen molar-refractivity contribution >= 4 is 5.91 Å². The zero-order valence-electron chi connectivity index (χ0n) is 11.9. The lowest BCUT2D eigenvalue weighted by atomic mass is 9.96. The standard InChI is InChI=1S/C15H17F3N2O/c1-11(10-14(21)20(2)9-3-8-19)12-4-6-13(7-5-12)15(16,17)18/h4-7,11H,3,9-10H2,1-2H3. The predicted molar refractivity (Wildman–Crippen MR) is 72.3 cm³/mol. The first-order valence-electron chi connectivity index (χ1n) is 6.53. The number of hydrogen-bond acceptors (Lipinski definition) is 2. The molecule has 1 aromatic carbocycles. The van der Waals surface area contributed by atoms with Crippen molar-refractivity contribution in [3.05, 3.63) is 35.4 Å². The molecular formula is C15H17F3N2O. The van der Waals surface area contributed by atoms with Gasteiger partial charge in [-0.05, 0) is 23.6 Å². The van der Waals surface area contributed by atoms with Gasteiger partial charge in [0.05, 0.1) is 18.1 Å². The summed E-state index contributed by atoms with van der Waals surface area (Å²) >= 11 is 0. The largest absolute Gasteiger partial charge is 0.416 e. The Morgan fingerprint density at radius 3 is 2.38 bits per heavy atom. The number of nitriles is 1. The highest BCUT2D eigenvalue weighted by molar-refractivity contribution is 5.76. The number of carbonyl (C=O) groups excluding carboxylic acids is 1. The molecule has 0 saturated heterocycles. The smallest absolute Gasteiger partial charge is 0.345 e. The Bertz CT molecular complexity index is 517. The van der Waals surface area contributed by atoms with Gasteiger partial charge in [0.15, 0.2) is 0 Å². The molecule has 1 aromatic rings. The van der Waals surface area contributed by atoms with Crippen molar-refractivity contribution in [1.29, 1.82) is 5.26 Å². The van der Waals surface area contributed by atoms with Crippen molar-refractivity contribution in [1.82, 2.24) is 4.90 Å². The van der Waals surface area contributed by atoms with Crippen LogP contribution < -0.4 is 0 Å². The number of carbonyl (C=O) groups is 1. The Kier molecular flexibility index (Phi) is 5.77. The van der Waals surface area contributed by atoms with Gasteiger partial charge >= 0.3 is 6.18 Å². The lowest BCUT2D eigenvalue weighted by molar-refractivity contribution is -0.137. The molecule has 1 atom stereocenters. The minimum atomic E-state index is -4.35. The van der Waals surface area contributed by atoms with Crippen molar-refractivity contribution in [3.63, 3.8) is 0 Å². The molecule has 0 spiro atoms. The van der Waals surface area contributed by atoms with Crippen molar-refractivity contribution in [2.75, 3.05) is 13.6 Å². The maximum atomic E-state index is 12.5. The second kappa shape index (κ2) is 7.11. The molecule has 0 aliphatic rings. The van der Waals surface area contributed by atoms with E-state index in [1.807, 2.05) is 6.07 Å². The Morgan fingerprint density at radius 2 is 1.90 bits per heavy atom. The fourth-order valence-corrected chi connectivity index (χ4v) is 1.88. The molecule has 6 heteroatoms. The van der Waals surface area contributed by atoms with Crippen LogP contribution in [-0.2, 0) is 11.0 Å². The molecule has 0 aliphatic heterocycles. The lowest BCUT2D eigenvalue weighted by Gasteiger charge is -2.19. The summed E-state index contributed by atoms with van der Waals surface area (Å²) in [7, 11) is 1.61. The molecule has 1 rings (SSSR count). The van der Waals surface area contributed by atoms with Crippen molar-refractivity contribution in [2.24, 2.45) is 0 Å². The van der Waals surface area contributed by atoms with Crippen molar-refractivity contribution in [3.8, 4) is 6.07 Å². The van der Waals surface area contributed by atoms with Crippen LogP contribution in [0.2, 0.25) is 0 Å². The molecule has 0 N–H and O–H groups in total. The maximum absolute atomic E-state index is 12.5. The summed E-state index contributed by atoms with van der Waals surface area (Å²) in [6, 6.07) is 6.80. The van der Waals surface area contributed by atoms with Crippen LogP contribution in [0.15, 0.2) is 24.3 Å². The van der Waals surface area contributed by atoms with Crippen LogP contribution in [0, 0.1) is 11.3 Å². The maximum Gasteiger partial charge on any atom is 0.416 e. The number of hydrogen-bond donors (Lipinski definition) is 0. The molecule has 0 fully saturated rings. The number of rotatable bonds is 5. The number of amides is 1. The molecule has 1 amide bonds. The molecule has 0 aliphatic carbocycles. The summed E-state index contributed by atoms with van der Waals surface area (Å²) < 4.78 is 37.4. The third kappa shape index (κ3) is 5.10. The van der Waals surface area contributed by atoms with E-state index in [2.05, 4.69) is 0 Å². The summed E-state index contributed by atoms with van der Waals surface area (Å²) in [5.74, 6) is -0.304. The minimum absolute atomic E-state index is 0.127. The van der Waals surface area contributed by atoms with E-state index in [1.54, 1.807) is 14.0 Å². The monoisotopic (exact) mass is 298 g/mol. The van der Waals surface area contributed by atoms with Gasteiger partial charge in [-0.3, -0.25) is 4.79 Å². The lowest BCUT2D eigenvalue weighted by Crippen LogP contribution is -2.28. The zero-order valence-corrected chi connectivity index (χ0v) is 11.9. The first-order chi connectivity index (χ1) is 9.75. The summed E-state index contributed by atoms with van der Waals surface area (Å²) in [5.41, 5.74) is -0.0130. The van der Waals surface area contributed by atoms with E-state index in [1.165, 1.54) is 17.0 Å². The Balaban J connectivity index is 2.66. The van der Waals surface area contributed by atoms with E-state index in [0.717, 1.165) is 12.1 Å². The van der Waals surface area contributed by atoms with Gasteiger partial charge in [-0.25, -0.2) is 0 Å². The molecule has 0 saturated carbocycles. The van der Waals surface area contributed by atoms with Crippen LogP contribution in [-0.4, -0.2) is 24.4 Å². The predicted octanol–water partition coefficient (Wildman–Crippen LogP) is 3.57. The summed E-state index contributed by atoms with van der Waals surface area (Å²) in [4.78, 5) is 13.4. The van der Waals surface area contributed by atoms with Crippen LogP contribution in [0.1, 0.15) is 36.8 Å². The Labute approximate surface area is 122 Å². The number of nitrogens with zero attached hydrogens (tertiary/aromatic N) is 2. The summed E-state index contributed by atoms with van der Waals surface area (Å²) in [6.45, 7) is 2.15. The fraction of sp³-hybridized carbons (Fsp3) is 0.467. The fourth-order valence-electron chi connectivity index (χ4n) is 1.88. The minimum Gasteiger partial charge on any atom is -0.345 e. The Morgan fingerprint density at radius 1 is 1.33 bits per heavy atom. The van der Waals surface area contributed by atoms with E-state index in [9.17, 15) is 18.0 Å². The van der Waals surface area contributed by atoms with Crippen LogP contribution >= 0.6 is 0 Å². The average molecular weight is 298 g/mol. The molecule has 0 heterocycles. The van der Waals surface area contributed by atoms with E-state index < -0.39 is 11.7 Å². The van der Waals surface area contributed by atoms with Gasteiger partial charge in [-0.2, -0.15) is 18.4 Å². The SMILES string of the molecule is CC(CC(=O)N(C)CCC#N)c1ccc(C(F)(F)F)cc1. The van der Waals surface area contributed by atoms with Crippen LogP contribution in [0.5, 0.6) is 0 Å². The van der Waals surface area contributed by atoms with Crippen molar-refractivity contribution in [2.45, 2.75) is 31.9 Å². The van der Waals surface area contributed by atoms with Gasteiger partial charge in [0, 0.05) is 20.0 Å². The number of halogens is 3. The van der Waals surface area contributed by atoms with Gasteiger partial charge in [-0.15, -0.1) is 0 Å². The second-order valence-electron chi connectivity index (χ2n) is 4.95. The number of alkyl halides is 3. The molecule has 0 aromatic heterocycles. The second-order valence-corrected chi connectivity index (χ2v) is 4.95. The van der Waals surface area contributed by atoms with E-state index in [-0.39, 0.29) is 24.7 Å². The molecule has 21 heavy (non-hydrogen) atoms. The molecule has 0 bridgehead atoms. The van der Waals surface area contributed by atoms with Crippen LogP contribution in [0.3, 0.4) is 0 Å². The Hall–Kier alpha value is -2.03. The first kappa shape index (κ1) is 17.0. The molecule has 114 valence electrons. The number of benzene rings is 1. The highest BCUT2D eigenvalue weighted by Crippen LogP contribution is 2.30. The van der Waals surface area contributed by atoms with Crippen LogP contribution in [0.4, 0.5) is 13.2 Å². The quantitative estimate of drug-likeness (QED) is 0.834. The summed E-state index contributed by atoms with van der Waals surface area (Å²) in [6.07, 6.45) is -3.89. The van der Waals surface area contributed by atoms with E-state index >= 15 is 0 Å². The van der Waals surface area contributed by atoms with Gasteiger partial charge in [0.25, 0.3) is 0 Å². The third-order valence-electron chi connectivity index (χ3n) is 3.27. The molecule has 3 nitrogen and oxygen atoms in total. The zero-order chi connectivity index (χ0) is 16.0. The first-order valence-corrected chi connectivity index (χ1v) is 6.53. The van der Waals surface area contributed by atoms with E-state index in [4.69, 9.17) is 5.26 Å². The van der Waals surface area contributed by atoms with Gasteiger partial charge in [0.1, 0.15) is 0 Å². The summed E-state index contributed by atoms with van der Waals surface area (Å²) in [5, 5.41) is 8.47. The average Bonchev–Trinajstić information content (AvgIpc) is 2.43. The highest BCUT2D eigenvalue weighted by Gasteiger charge is 2.30. The van der Waals surface area contributed by atoms with Crippen molar-refractivity contribution < 1.29 is 18.0 Å². The van der Waals surface area contributed by atoms with Gasteiger partial charge < -0.3 is 4.90 Å². The van der Waals surface area contributed by atoms with Gasteiger partial charge in [0.2, 0.25) is 5.91 Å².